The SMILES string of the molecule is CNC1CCN(C(=O)c2cccc(Cn3nc(C)cc3C)c2)CC1.Cl. The number of carbonyl (C=O) groups is 1. The van der Waals surface area contributed by atoms with Crippen LogP contribution in [0, 0.1) is 13.8 Å². The summed E-state index contributed by atoms with van der Waals surface area (Å²) in [6.45, 7) is 6.40. The van der Waals surface area contributed by atoms with Crippen molar-refractivity contribution in [1.29, 1.82) is 0 Å². The lowest BCUT2D eigenvalue weighted by Crippen LogP contribution is -2.43. The third kappa shape index (κ3) is 4.61. The molecule has 0 spiro atoms. The van der Waals surface area contributed by atoms with Gasteiger partial charge in [-0.25, -0.2) is 0 Å². The van der Waals surface area contributed by atoms with Gasteiger partial charge >= 0.3 is 0 Å². The Morgan fingerprint density at radius 2 is 1.96 bits per heavy atom. The molecule has 0 saturated carbocycles. The maximum Gasteiger partial charge on any atom is 0.253 e. The van der Waals surface area contributed by atoms with Gasteiger partial charge in [0.1, 0.15) is 0 Å². The van der Waals surface area contributed by atoms with Crippen LogP contribution in [0.3, 0.4) is 0 Å². The summed E-state index contributed by atoms with van der Waals surface area (Å²) in [5.74, 6) is 0.139. The van der Waals surface area contributed by atoms with E-state index in [2.05, 4.69) is 29.5 Å². The van der Waals surface area contributed by atoms with Crippen molar-refractivity contribution < 1.29 is 4.79 Å². The van der Waals surface area contributed by atoms with Gasteiger partial charge in [0.25, 0.3) is 5.91 Å². The van der Waals surface area contributed by atoms with E-state index in [0.717, 1.165) is 48.4 Å². The number of likely N-dealkylation sites (tertiary alicyclic amines) is 1. The minimum atomic E-state index is 0. The predicted octanol–water partition coefficient (Wildman–Crippen LogP) is 2.79. The zero-order valence-corrected chi connectivity index (χ0v) is 16.0. The number of hydrogen-bond donors (Lipinski definition) is 1. The van der Waals surface area contributed by atoms with Crippen LogP contribution in [0.25, 0.3) is 0 Å². The second-order valence-electron chi connectivity index (χ2n) is 6.64. The van der Waals surface area contributed by atoms with Gasteiger partial charge < -0.3 is 10.2 Å². The van der Waals surface area contributed by atoms with E-state index in [-0.39, 0.29) is 18.3 Å². The summed E-state index contributed by atoms with van der Waals surface area (Å²) in [5.41, 5.74) is 4.04. The van der Waals surface area contributed by atoms with Crippen molar-refractivity contribution in [3.8, 4) is 0 Å². The van der Waals surface area contributed by atoms with E-state index in [1.54, 1.807) is 0 Å². The maximum absolute atomic E-state index is 12.8. The van der Waals surface area contributed by atoms with Crippen molar-refractivity contribution in [2.75, 3.05) is 20.1 Å². The molecular formula is C19H27ClN4O. The molecule has 0 unspecified atom stereocenters. The minimum Gasteiger partial charge on any atom is -0.339 e. The summed E-state index contributed by atoms with van der Waals surface area (Å²) in [5, 5.41) is 7.80. The van der Waals surface area contributed by atoms with Crippen molar-refractivity contribution in [2.45, 2.75) is 39.3 Å². The molecule has 6 heteroatoms. The molecule has 5 nitrogen and oxygen atoms in total. The Morgan fingerprint density at radius 3 is 2.56 bits per heavy atom. The molecule has 1 amide bonds. The molecule has 1 aliphatic rings. The summed E-state index contributed by atoms with van der Waals surface area (Å²) < 4.78 is 1.98. The number of aromatic nitrogens is 2. The number of hydrogen-bond acceptors (Lipinski definition) is 3. The van der Waals surface area contributed by atoms with Crippen molar-refractivity contribution in [3.05, 3.63) is 52.8 Å². The second kappa shape index (κ2) is 8.50. The van der Waals surface area contributed by atoms with E-state index < -0.39 is 0 Å². The first-order valence-electron chi connectivity index (χ1n) is 8.63. The van der Waals surface area contributed by atoms with Crippen LogP contribution in [-0.2, 0) is 6.54 Å². The van der Waals surface area contributed by atoms with E-state index in [9.17, 15) is 4.79 Å². The van der Waals surface area contributed by atoms with Gasteiger partial charge in [0.2, 0.25) is 0 Å². The molecule has 2 heterocycles. The van der Waals surface area contributed by atoms with Gasteiger partial charge in [0.15, 0.2) is 0 Å². The lowest BCUT2D eigenvalue weighted by Gasteiger charge is -2.32. The second-order valence-corrected chi connectivity index (χ2v) is 6.64. The number of piperidine rings is 1. The van der Waals surface area contributed by atoms with Gasteiger partial charge in [-0.3, -0.25) is 9.48 Å². The van der Waals surface area contributed by atoms with Crippen LogP contribution in [-0.4, -0.2) is 46.8 Å². The summed E-state index contributed by atoms with van der Waals surface area (Å²) in [7, 11) is 1.99. The van der Waals surface area contributed by atoms with Crippen LogP contribution in [0.2, 0.25) is 0 Å². The highest BCUT2D eigenvalue weighted by Crippen LogP contribution is 2.16. The van der Waals surface area contributed by atoms with Crippen molar-refractivity contribution in [2.24, 2.45) is 0 Å². The molecule has 0 atom stereocenters. The first-order valence-corrected chi connectivity index (χ1v) is 8.63. The average Bonchev–Trinajstić information content (AvgIpc) is 2.92. The van der Waals surface area contributed by atoms with Crippen LogP contribution >= 0.6 is 12.4 Å². The van der Waals surface area contributed by atoms with Gasteiger partial charge in [0, 0.05) is 30.4 Å². The standard InChI is InChI=1S/C19H26N4O.ClH/c1-14-11-15(2)23(21-14)13-16-5-4-6-17(12-16)19(24)22-9-7-18(20-3)8-10-22;/h4-6,11-12,18,20H,7-10,13H2,1-3H3;1H. The Balaban J connectivity index is 0.00000225. The third-order valence-electron chi connectivity index (χ3n) is 4.80. The van der Waals surface area contributed by atoms with Gasteiger partial charge in [0.05, 0.1) is 12.2 Å². The summed E-state index contributed by atoms with van der Waals surface area (Å²) in [4.78, 5) is 14.7. The molecule has 0 radical (unpaired) electrons. The predicted molar refractivity (Wildman–Crippen MR) is 102 cm³/mol. The number of nitrogens with zero attached hydrogens (tertiary/aromatic N) is 3. The third-order valence-corrected chi connectivity index (χ3v) is 4.80. The molecule has 136 valence electrons. The molecule has 1 fully saturated rings. The highest BCUT2D eigenvalue weighted by Gasteiger charge is 2.22. The first-order chi connectivity index (χ1) is 11.6. The quantitative estimate of drug-likeness (QED) is 0.909. The number of nitrogens with one attached hydrogen (secondary N) is 1. The number of amides is 1. The molecule has 0 aliphatic carbocycles. The molecule has 1 aromatic carbocycles. The first kappa shape index (κ1) is 19.5. The number of aryl methyl sites for hydroxylation is 2. The van der Waals surface area contributed by atoms with Gasteiger partial charge in [-0.2, -0.15) is 5.10 Å². The Morgan fingerprint density at radius 1 is 1.24 bits per heavy atom. The Bertz CT molecular complexity index is 720. The Labute approximate surface area is 155 Å². The Kier molecular flexibility index (Phi) is 6.62. The molecule has 1 aliphatic heterocycles. The summed E-state index contributed by atoms with van der Waals surface area (Å²) >= 11 is 0. The van der Waals surface area contributed by atoms with Crippen LogP contribution in [0.15, 0.2) is 30.3 Å². The van der Waals surface area contributed by atoms with Crippen molar-refractivity contribution in [1.82, 2.24) is 20.0 Å². The number of carbonyl (C=O) groups excluding carboxylic acids is 1. The minimum absolute atomic E-state index is 0. The lowest BCUT2D eigenvalue weighted by molar-refractivity contribution is 0.0707. The van der Waals surface area contributed by atoms with E-state index in [1.165, 1.54) is 0 Å². The van der Waals surface area contributed by atoms with E-state index in [4.69, 9.17) is 0 Å². The summed E-state index contributed by atoms with van der Waals surface area (Å²) in [6.07, 6.45) is 2.04. The van der Waals surface area contributed by atoms with Crippen molar-refractivity contribution >= 4 is 18.3 Å². The van der Waals surface area contributed by atoms with Gasteiger partial charge in [-0.1, -0.05) is 12.1 Å². The molecule has 1 N–H and O–H groups in total. The molecular weight excluding hydrogens is 336 g/mol. The molecule has 1 saturated heterocycles. The molecule has 0 bridgehead atoms. The smallest absolute Gasteiger partial charge is 0.253 e. The largest absolute Gasteiger partial charge is 0.339 e. The zero-order valence-electron chi connectivity index (χ0n) is 15.2. The van der Waals surface area contributed by atoms with Gasteiger partial charge in [-0.05, 0) is 57.5 Å². The normalized spacial score (nSPS) is 15.1. The number of benzene rings is 1. The molecule has 2 aromatic rings. The van der Waals surface area contributed by atoms with Crippen LogP contribution in [0.5, 0.6) is 0 Å². The molecule has 25 heavy (non-hydrogen) atoms. The van der Waals surface area contributed by atoms with Crippen LogP contribution < -0.4 is 5.32 Å². The molecule has 1 aromatic heterocycles. The average molecular weight is 363 g/mol. The van der Waals surface area contributed by atoms with Crippen molar-refractivity contribution in [3.63, 3.8) is 0 Å². The monoisotopic (exact) mass is 362 g/mol. The fourth-order valence-corrected chi connectivity index (χ4v) is 3.36. The lowest BCUT2D eigenvalue weighted by atomic mass is 10.0. The number of rotatable bonds is 4. The van der Waals surface area contributed by atoms with E-state index in [0.29, 0.717) is 12.6 Å². The zero-order chi connectivity index (χ0) is 17.1. The summed E-state index contributed by atoms with van der Waals surface area (Å²) in [6, 6.07) is 10.5. The van der Waals surface area contributed by atoms with Crippen LogP contribution in [0.4, 0.5) is 0 Å². The molecule has 3 rings (SSSR count). The van der Waals surface area contributed by atoms with E-state index >= 15 is 0 Å². The topological polar surface area (TPSA) is 50.2 Å². The highest BCUT2D eigenvalue weighted by molar-refractivity contribution is 5.94. The number of halogens is 1. The highest BCUT2D eigenvalue weighted by atomic mass is 35.5. The fourth-order valence-electron chi connectivity index (χ4n) is 3.36. The fraction of sp³-hybridized carbons (Fsp3) is 0.474. The maximum atomic E-state index is 12.8. The van der Waals surface area contributed by atoms with Gasteiger partial charge in [-0.15, -0.1) is 12.4 Å². The van der Waals surface area contributed by atoms with Crippen LogP contribution in [0.1, 0.15) is 40.2 Å². The Hall–Kier alpha value is -1.85. The van der Waals surface area contributed by atoms with E-state index in [1.807, 2.05) is 41.8 Å².